The van der Waals surface area contributed by atoms with Crippen molar-refractivity contribution in [3.8, 4) is 0 Å². The highest BCUT2D eigenvalue weighted by Gasteiger charge is 2.11. The summed E-state index contributed by atoms with van der Waals surface area (Å²) in [4.78, 5) is 5.75. The molecule has 0 atom stereocenters. The summed E-state index contributed by atoms with van der Waals surface area (Å²) in [5.41, 5.74) is 5.50. The third-order valence-corrected chi connectivity index (χ3v) is 4.12. The molecule has 2 aliphatic heterocycles. The van der Waals surface area contributed by atoms with E-state index in [1.165, 1.54) is 24.9 Å². The molecule has 0 amide bonds. The molecule has 0 aromatic heterocycles. The maximum absolute atomic E-state index is 5.39. The summed E-state index contributed by atoms with van der Waals surface area (Å²) < 4.78 is 5.39. The fourth-order valence-corrected chi connectivity index (χ4v) is 2.80. The summed E-state index contributed by atoms with van der Waals surface area (Å²) in [5.74, 6) is 1.14. The zero-order valence-electron chi connectivity index (χ0n) is 13.1. The fraction of sp³-hybridized carbons (Fsp3) is 0.529. The van der Waals surface area contributed by atoms with Crippen LogP contribution >= 0.6 is 0 Å². The van der Waals surface area contributed by atoms with Crippen molar-refractivity contribution in [2.45, 2.75) is 25.7 Å². The van der Waals surface area contributed by atoms with E-state index in [0.717, 1.165) is 50.7 Å². The van der Waals surface area contributed by atoms with Crippen LogP contribution in [0.1, 0.15) is 31.2 Å². The van der Waals surface area contributed by atoms with Gasteiger partial charge in [-0.2, -0.15) is 5.43 Å². The molecule has 1 aromatic rings. The van der Waals surface area contributed by atoms with E-state index >= 15 is 0 Å². The second-order valence-corrected chi connectivity index (χ2v) is 5.78. The molecule has 1 fully saturated rings. The van der Waals surface area contributed by atoms with Crippen molar-refractivity contribution in [1.29, 1.82) is 0 Å². The van der Waals surface area contributed by atoms with Crippen molar-refractivity contribution in [2.75, 3.05) is 37.7 Å². The lowest BCUT2D eigenvalue weighted by molar-refractivity contribution is -0.459. The predicted octanol–water partition coefficient (Wildman–Crippen LogP) is 0.500. The standard InChI is InChI=1S/C17H24N4O/c1-2-4-17(18-9-3-1)20-19-14-15-5-7-16(8-6-15)21-10-12-22-13-11-21/h5-8,14H,1-4,9-13H2,(H,18,20)/p+1/b19-14-. The Labute approximate surface area is 132 Å². The summed E-state index contributed by atoms with van der Waals surface area (Å²) in [6.45, 7) is 4.63. The Morgan fingerprint density at radius 2 is 1.91 bits per heavy atom. The summed E-state index contributed by atoms with van der Waals surface area (Å²) in [6.07, 6.45) is 6.72. The van der Waals surface area contributed by atoms with Crippen LogP contribution in [-0.4, -0.2) is 44.9 Å². The number of hydrogen-bond donors (Lipinski definition) is 2. The molecule has 0 spiro atoms. The molecular weight excluding hydrogens is 276 g/mol. The number of amidine groups is 1. The van der Waals surface area contributed by atoms with Crippen LogP contribution in [0.2, 0.25) is 0 Å². The number of anilines is 1. The van der Waals surface area contributed by atoms with E-state index in [1.54, 1.807) is 0 Å². The van der Waals surface area contributed by atoms with Crippen LogP contribution in [0.25, 0.3) is 0 Å². The lowest BCUT2D eigenvalue weighted by Crippen LogP contribution is -2.75. The topological polar surface area (TPSA) is 50.8 Å². The molecule has 3 rings (SSSR count). The molecule has 2 aliphatic rings. The van der Waals surface area contributed by atoms with E-state index in [-0.39, 0.29) is 0 Å². The van der Waals surface area contributed by atoms with Crippen molar-refractivity contribution < 1.29 is 9.73 Å². The van der Waals surface area contributed by atoms with Crippen molar-refractivity contribution in [3.05, 3.63) is 29.8 Å². The molecule has 0 radical (unpaired) electrons. The number of morpholine rings is 1. The molecule has 5 heteroatoms. The average molecular weight is 301 g/mol. The smallest absolute Gasteiger partial charge is 0.267 e. The van der Waals surface area contributed by atoms with Gasteiger partial charge in [0.2, 0.25) is 0 Å². The number of nitrogens with zero attached hydrogens (tertiary/aromatic N) is 2. The third-order valence-electron chi connectivity index (χ3n) is 4.12. The Morgan fingerprint density at radius 1 is 1.09 bits per heavy atom. The summed E-state index contributed by atoms with van der Waals surface area (Å²) >= 11 is 0. The van der Waals surface area contributed by atoms with Gasteiger partial charge in [0.05, 0.1) is 32.4 Å². The van der Waals surface area contributed by atoms with Gasteiger partial charge in [-0.15, -0.1) is 0 Å². The fourth-order valence-electron chi connectivity index (χ4n) is 2.80. The molecule has 1 aromatic carbocycles. The quantitative estimate of drug-likeness (QED) is 0.631. The lowest BCUT2D eigenvalue weighted by Gasteiger charge is -2.28. The van der Waals surface area contributed by atoms with Gasteiger partial charge < -0.3 is 9.64 Å². The Hall–Kier alpha value is -1.88. The number of nitrogens with one attached hydrogen (secondary N) is 2. The largest absolute Gasteiger partial charge is 0.378 e. The monoisotopic (exact) mass is 301 g/mol. The maximum Gasteiger partial charge on any atom is 0.267 e. The van der Waals surface area contributed by atoms with Gasteiger partial charge >= 0.3 is 0 Å². The van der Waals surface area contributed by atoms with Crippen LogP contribution in [0.3, 0.4) is 0 Å². The SMILES string of the molecule is C(=N/NC1=[NH+]CCCCC1)/c1ccc(N2CCOCC2)cc1. The van der Waals surface area contributed by atoms with Crippen LogP contribution in [0, 0.1) is 0 Å². The number of ether oxygens (including phenoxy) is 1. The second kappa shape index (κ2) is 7.94. The third kappa shape index (κ3) is 4.31. The first kappa shape index (κ1) is 15.0. The minimum atomic E-state index is 0.818. The minimum Gasteiger partial charge on any atom is -0.378 e. The molecule has 1 saturated heterocycles. The summed E-state index contributed by atoms with van der Waals surface area (Å²) in [6, 6.07) is 8.54. The number of rotatable bonds is 3. The van der Waals surface area contributed by atoms with Gasteiger partial charge in [-0.3, -0.25) is 4.99 Å². The van der Waals surface area contributed by atoms with Crippen molar-refractivity contribution >= 4 is 17.7 Å². The summed E-state index contributed by atoms with van der Waals surface area (Å²) in [5, 5.41) is 4.34. The summed E-state index contributed by atoms with van der Waals surface area (Å²) in [7, 11) is 0. The molecule has 0 unspecified atom stereocenters. The minimum absolute atomic E-state index is 0.818. The molecule has 2 N–H and O–H groups in total. The van der Waals surface area contributed by atoms with E-state index in [0.29, 0.717) is 0 Å². The van der Waals surface area contributed by atoms with E-state index in [9.17, 15) is 0 Å². The molecule has 2 heterocycles. The first-order valence-corrected chi connectivity index (χ1v) is 8.23. The number of benzene rings is 1. The van der Waals surface area contributed by atoms with E-state index in [2.05, 4.69) is 44.7 Å². The van der Waals surface area contributed by atoms with Crippen molar-refractivity contribution in [3.63, 3.8) is 0 Å². The van der Waals surface area contributed by atoms with Gasteiger partial charge in [-0.25, -0.2) is 0 Å². The Kier molecular flexibility index (Phi) is 5.42. The predicted molar refractivity (Wildman–Crippen MR) is 89.5 cm³/mol. The first-order valence-electron chi connectivity index (χ1n) is 8.23. The second-order valence-electron chi connectivity index (χ2n) is 5.78. The Morgan fingerprint density at radius 3 is 2.73 bits per heavy atom. The molecule has 22 heavy (non-hydrogen) atoms. The van der Waals surface area contributed by atoms with Crippen molar-refractivity contribution in [2.24, 2.45) is 5.10 Å². The van der Waals surface area contributed by atoms with E-state index < -0.39 is 0 Å². The molecule has 0 aliphatic carbocycles. The van der Waals surface area contributed by atoms with Crippen LogP contribution in [0.4, 0.5) is 5.69 Å². The van der Waals surface area contributed by atoms with Crippen LogP contribution in [-0.2, 0) is 4.74 Å². The van der Waals surface area contributed by atoms with Crippen LogP contribution in [0.5, 0.6) is 0 Å². The zero-order chi connectivity index (χ0) is 15.0. The molecule has 0 saturated carbocycles. The maximum atomic E-state index is 5.39. The number of hydrazone groups is 1. The van der Waals surface area contributed by atoms with Crippen molar-refractivity contribution in [1.82, 2.24) is 5.43 Å². The zero-order valence-corrected chi connectivity index (χ0v) is 13.1. The van der Waals surface area contributed by atoms with Gasteiger partial charge in [0.25, 0.3) is 5.84 Å². The number of hydrogen-bond acceptors (Lipinski definition) is 4. The Balaban J connectivity index is 1.53. The lowest BCUT2D eigenvalue weighted by atomic mass is 10.2. The first-order chi connectivity index (χ1) is 10.9. The highest BCUT2D eigenvalue weighted by atomic mass is 16.5. The van der Waals surface area contributed by atoms with Gasteiger partial charge in [0, 0.05) is 18.8 Å². The molecule has 118 valence electrons. The van der Waals surface area contributed by atoms with Crippen LogP contribution < -0.4 is 15.3 Å². The van der Waals surface area contributed by atoms with Gasteiger partial charge in [-0.05, 0) is 37.0 Å². The van der Waals surface area contributed by atoms with Crippen LogP contribution in [0.15, 0.2) is 29.4 Å². The van der Waals surface area contributed by atoms with E-state index in [1.807, 2.05) is 6.21 Å². The normalized spacial score (nSPS) is 19.8. The highest BCUT2D eigenvalue weighted by Crippen LogP contribution is 2.15. The molecule has 5 nitrogen and oxygen atoms in total. The average Bonchev–Trinajstić information content (AvgIpc) is 2.85. The van der Waals surface area contributed by atoms with Gasteiger partial charge in [0.1, 0.15) is 0 Å². The molecule has 0 bridgehead atoms. The highest BCUT2D eigenvalue weighted by molar-refractivity contribution is 5.83. The Bertz CT molecular complexity index is 518. The van der Waals surface area contributed by atoms with Gasteiger partial charge in [0.15, 0.2) is 0 Å². The van der Waals surface area contributed by atoms with E-state index in [4.69, 9.17) is 4.74 Å². The molecular formula is C17H25N4O+. The van der Waals surface area contributed by atoms with Gasteiger partial charge in [-0.1, -0.05) is 17.2 Å².